The third-order valence-corrected chi connectivity index (χ3v) is 8.58. The minimum absolute atomic E-state index is 0.0668. The van der Waals surface area contributed by atoms with Gasteiger partial charge >= 0.3 is 5.97 Å². The van der Waals surface area contributed by atoms with Gasteiger partial charge in [-0.15, -0.1) is 0 Å². The molecular formula is C29H35ClN2O4. The number of hydrogen-bond acceptors (Lipinski definition) is 4. The standard InChI is InChI=1S/C29H35ClN2O4/c1-31(2)27(33)15-23(28(34)35)20-8-11-26-25(14-20)32(16-19-5-3-6-19)17-29(18-36-26)12-4-7-21-13-22(30)9-10-24(21)29/h8-11,13-14,19,23H,3-7,12,15-18H2,1-2H3,(H,34,35)/t23-,29-/m0/s1. The molecule has 1 amide bonds. The van der Waals surface area contributed by atoms with Crippen LogP contribution in [-0.4, -0.2) is 55.7 Å². The van der Waals surface area contributed by atoms with Gasteiger partial charge in [-0.2, -0.15) is 0 Å². The molecule has 3 aliphatic rings. The van der Waals surface area contributed by atoms with Crippen molar-refractivity contribution < 1.29 is 19.4 Å². The molecule has 2 aromatic carbocycles. The first-order valence-electron chi connectivity index (χ1n) is 13.0. The average Bonchev–Trinajstić information content (AvgIpc) is 2.96. The van der Waals surface area contributed by atoms with E-state index < -0.39 is 11.9 Å². The minimum Gasteiger partial charge on any atom is -0.490 e. The van der Waals surface area contributed by atoms with Gasteiger partial charge in [-0.25, -0.2) is 0 Å². The zero-order valence-electron chi connectivity index (χ0n) is 21.1. The van der Waals surface area contributed by atoms with E-state index in [0.29, 0.717) is 18.1 Å². The van der Waals surface area contributed by atoms with Crippen molar-refractivity contribution in [2.24, 2.45) is 5.92 Å². The van der Waals surface area contributed by atoms with Crippen LogP contribution < -0.4 is 9.64 Å². The number of ether oxygens (including phenoxy) is 1. The van der Waals surface area contributed by atoms with E-state index in [4.69, 9.17) is 16.3 Å². The fourth-order valence-corrected chi connectivity index (χ4v) is 6.23. The molecule has 192 valence electrons. The van der Waals surface area contributed by atoms with Crippen molar-refractivity contribution in [2.75, 3.05) is 38.7 Å². The second kappa shape index (κ2) is 9.97. The number of benzene rings is 2. The normalized spacial score (nSPS) is 22.0. The summed E-state index contributed by atoms with van der Waals surface area (Å²) in [6.07, 6.45) is 6.80. The molecule has 36 heavy (non-hydrogen) atoms. The number of carboxylic acids is 1. The Balaban J connectivity index is 1.53. The van der Waals surface area contributed by atoms with Gasteiger partial charge in [0.05, 0.1) is 18.2 Å². The summed E-state index contributed by atoms with van der Waals surface area (Å²) in [6.45, 7) is 2.33. The highest BCUT2D eigenvalue weighted by Crippen LogP contribution is 2.46. The molecule has 0 saturated heterocycles. The Morgan fingerprint density at radius 2 is 2.00 bits per heavy atom. The third-order valence-electron chi connectivity index (χ3n) is 8.34. The van der Waals surface area contributed by atoms with Gasteiger partial charge in [-0.1, -0.05) is 30.2 Å². The number of aliphatic carboxylic acids is 1. The van der Waals surface area contributed by atoms with Crippen molar-refractivity contribution in [1.82, 2.24) is 4.90 Å². The number of aryl methyl sites for hydroxylation is 1. The topological polar surface area (TPSA) is 70.1 Å². The second-order valence-electron chi connectivity index (χ2n) is 11.0. The smallest absolute Gasteiger partial charge is 0.311 e. The number of fused-ring (bicyclic) bond motifs is 3. The molecule has 2 aliphatic carbocycles. The van der Waals surface area contributed by atoms with Crippen molar-refractivity contribution >= 4 is 29.2 Å². The van der Waals surface area contributed by atoms with Gasteiger partial charge in [0, 0.05) is 44.0 Å². The van der Waals surface area contributed by atoms with Gasteiger partial charge in [-0.3, -0.25) is 9.59 Å². The summed E-state index contributed by atoms with van der Waals surface area (Å²) in [6, 6.07) is 11.9. The Bertz CT molecular complexity index is 1160. The Morgan fingerprint density at radius 1 is 1.19 bits per heavy atom. The fourth-order valence-electron chi connectivity index (χ4n) is 6.04. The molecule has 1 fully saturated rings. The molecule has 0 aromatic heterocycles. The van der Waals surface area contributed by atoms with Crippen molar-refractivity contribution in [3.05, 3.63) is 58.1 Å². The van der Waals surface area contributed by atoms with E-state index in [2.05, 4.69) is 17.0 Å². The molecule has 1 saturated carbocycles. The van der Waals surface area contributed by atoms with E-state index in [1.807, 2.05) is 24.3 Å². The lowest BCUT2D eigenvalue weighted by atomic mass is 9.70. The minimum atomic E-state index is -0.986. The van der Waals surface area contributed by atoms with Crippen LogP contribution in [-0.2, 0) is 21.4 Å². The summed E-state index contributed by atoms with van der Waals surface area (Å²) >= 11 is 6.34. The lowest BCUT2D eigenvalue weighted by molar-refractivity contribution is -0.142. The van der Waals surface area contributed by atoms with E-state index >= 15 is 0 Å². The van der Waals surface area contributed by atoms with Crippen LogP contribution in [0.25, 0.3) is 0 Å². The van der Waals surface area contributed by atoms with E-state index in [9.17, 15) is 14.7 Å². The number of amides is 1. The third kappa shape index (κ3) is 4.80. The monoisotopic (exact) mass is 510 g/mol. The number of nitrogens with zero attached hydrogens (tertiary/aromatic N) is 2. The number of carbonyl (C=O) groups is 2. The van der Waals surface area contributed by atoms with Crippen LogP contribution in [0.5, 0.6) is 5.75 Å². The lowest BCUT2D eigenvalue weighted by Crippen LogP contribution is -2.47. The molecule has 7 heteroatoms. The maximum absolute atomic E-state index is 12.4. The number of carbonyl (C=O) groups excluding carboxylic acids is 1. The molecule has 5 rings (SSSR count). The molecule has 0 radical (unpaired) electrons. The molecule has 1 N–H and O–H groups in total. The SMILES string of the molecule is CN(C)C(=O)C[C@H](C(=O)O)c1ccc2c(c1)N(CC1CCC1)C[C@@]1(CCCc3cc(Cl)ccc31)CO2. The largest absolute Gasteiger partial charge is 0.490 e. The highest BCUT2D eigenvalue weighted by molar-refractivity contribution is 6.30. The highest BCUT2D eigenvalue weighted by Gasteiger charge is 2.42. The van der Waals surface area contributed by atoms with Crippen LogP contribution in [0, 0.1) is 5.92 Å². The molecule has 2 atom stereocenters. The maximum atomic E-state index is 12.4. The second-order valence-corrected chi connectivity index (χ2v) is 11.4. The van der Waals surface area contributed by atoms with E-state index in [1.165, 1.54) is 35.3 Å². The Morgan fingerprint density at radius 3 is 2.69 bits per heavy atom. The Hall–Kier alpha value is -2.73. The summed E-state index contributed by atoms with van der Waals surface area (Å²) in [5.41, 5.74) is 4.07. The quantitative estimate of drug-likeness (QED) is 0.574. The zero-order valence-corrected chi connectivity index (χ0v) is 21.9. The summed E-state index contributed by atoms with van der Waals surface area (Å²) in [5.74, 6) is -0.656. The number of halogens is 1. The van der Waals surface area contributed by atoms with Crippen molar-refractivity contribution in [2.45, 2.75) is 56.3 Å². The Kier molecular flexibility index (Phi) is 6.90. The molecule has 0 unspecified atom stereocenters. The predicted octanol–water partition coefficient (Wildman–Crippen LogP) is 5.26. The van der Waals surface area contributed by atoms with Crippen LogP contribution in [0.3, 0.4) is 0 Å². The van der Waals surface area contributed by atoms with Crippen molar-refractivity contribution in [3.8, 4) is 5.75 Å². The maximum Gasteiger partial charge on any atom is 0.311 e. The van der Waals surface area contributed by atoms with E-state index in [-0.39, 0.29) is 17.7 Å². The zero-order chi connectivity index (χ0) is 25.4. The first-order valence-corrected chi connectivity index (χ1v) is 13.4. The first kappa shape index (κ1) is 24.9. The molecule has 1 aliphatic heterocycles. The van der Waals surface area contributed by atoms with Gasteiger partial charge < -0.3 is 19.6 Å². The summed E-state index contributed by atoms with van der Waals surface area (Å²) < 4.78 is 6.51. The first-order chi connectivity index (χ1) is 17.3. The lowest BCUT2D eigenvalue weighted by Gasteiger charge is -2.42. The molecule has 2 aromatic rings. The summed E-state index contributed by atoms with van der Waals surface area (Å²) in [5, 5.41) is 10.7. The summed E-state index contributed by atoms with van der Waals surface area (Å²) in [4.78, 5) is 28.5. The van der Waals surface area contributed by atoms with Crippen LogP contribution >= 0.6 is 11.6 Å². The van der Waals surface area contributed by atoms with Crippen molar-refractivity contribution in [3.63, 3.8) is 0 Å². The van der Waals surface area contributed by atoms with Crippen LogP contribution in [0.1, 0.15) is 61.1 Å². The van der Waals surface area contributed by atoms with Gasteiger partial charge in [0.2, 0.25) is 5.91 Å². The van der Waals surface area contributed by atoms with Crippen LogP contribution in [0.4, 0.5) is 5.69 Å². The fraction of sp³-hybridized carbons (Fsp3) is 0.517. The Labute approximate surface area is 218 Å². The van der Waals surface area contributed by atoms with Gasteiger partial charge in [0.25, 0.3) is 0 Å². The number of carboxylic acid groups (broad SMARTS) is 1. The van der Waals surface area contributed by atoms with Gasteiger partial charge in [0.15, 0.2) is 0 Å². The van der Waals surface area contributed by atoms with Crippen LogP contribution in [0.15, 0.2) is 36.4 Å². The van der Waals surface area contributed by atoms with Gasteiger partial charge in [0.1, 0.15) is 5.75 Å². The summed E-state index contributed by atoms with van der Waals surface area (Å²) in [7, 11) is 3.31. The van der Waals surface area contributed by atoms with E-state index in [0.717, 1.165) is 48.8 Å². The molecular weight excluding hydrogens is 476 g/mol. The molecule has 1 spiro atoms. The van der Waals surface area contributed by atoms with Crippen LogP contribution in [0.2, 0.25) is 5.02 Å². The van der Waals surface area contributed by atoms with Gasteiger partial charge in [-0.05, 0) is 79.0 Å². The highest BCUT2D eigenvalue weighted by atomic mass is 35.5. The molecule has 6 nitrogen and oxygen atoms in total. The predicted molar refractivity (Wildman–Crippen MR) is 141 cm³/mol. The molecule has 1 heterocycles. The van der Waals surface area contributed by atoms with Crippen molar-refractivity contribution in [1.29, 1.82) is 0 Å². The number of anilines is 1. The number of hydrogen-bond donors (Lipinski definition) is 1. The average molecular weight is 511 g/mol. The molecule has 0 bridgehead atoms. The number of rotatable bonds is 6. The van der Waals surface area contributed by atoms with E-state index in [1.54, 1.807) is 14.1 Å².